The van der Waals surface area contributed by atoms with Crippen LogP contribution in [0.3, 0.4) is 0 Å². The minimum Gasteiger partial charge on any atom is -0.493 e. The average Bonchev–Trinajstić information content (AvgIpc) is 2.72. The lowest BCUT2D eigenvalue weighted by molar-refractivity contribution is -0.134. The predicted molar refractivity (Wildman–Crippen MR) is 123 cm³/mol. The second-order valence-electron chi connectivity index (χ2n) is 7.58. The summed E-state index contributed by atoms with van der Waals surface area (Å²) in [4.78, 5) is 12.1. The topological polar surface area (TPSA) is 35.5 Å². The maximum absolute atomic E-state index is 12.1. The van der Waals surface area contributed by atoms with Crippen molar-refractivity contribution in [3.8, 4) is 11.5 Å². The number of carbonyl (C=O) groups excluding carboxylic acids is 1. The summed E-state index contributed by atoms with van der Waals surface area (Å²) in [5, 5.41) is 0. The molecule has 0 unspecified atom stereocenters. The van der Waals surface area contributed by atoms with Gasteiger partial charge in [0.15, 0.2) is 11.5 Å². The number of allylic oxidation sites excluding steroid dienone is 3. The second-order valence-corrected chi connectivity index (χ2v) is 7.58. The predicted octanol–water partition coefficient (Wildman–Crippen LogP) is 7.59. The van der Waals surface area contributed by atoms with E-state index in [-0.39, 0.29) is 5.97 Å². The second kappa shape index (κ2) is 16.9. The van der Waals surface area contributed by atoms with Crippen LogP contribution < -0.4 is 9.47 Å². The van der Waals surface area contributed by atoms with Crippen molar-refractivity contribution in [2.24, 2.45) is 0 Å². The van der Waals surface area contributed by atoms with Gasteiger partial charge in [-0.2, -0.15) is 0 Å². The highest BCUT2D eigenvalue weighted by atomic mass is 16.6. The molecule has 0 saturated heterocycles. The zero-order valence-electron chi connectivity index (χ0n) is 18.6. The van der Waals surface area contributed by atoms with E-state index >= 15 is 0 Å². The SMILES string of the molecule is C=CCc1ccc(OC(=O)CCCCCCC/C=C/CCCCCC)c(OC)c1. The van der Waals surface area contributed by atoms with Crippen LogP contribution in [0.4, 0.5) is 0 Å². The molecule has 1 aromatic rings. The van der Waals surface area contributed by atoms with Crippen molar-refractivity contribution in [1.29, 1.82) is 0 Å². The molecule has 29 heavy (non-hydrogen) atoms. The van der Waals surface area contributed by atoms with Crippen LogP contribution in [0.5, 0.6) is 11.5 Å². The number of unbranched alkanes of at least 4 members (excludes halogenated alkanes) is 9. The van der Waals surface area contributed by atoms with Crippen LogP contribution in [0.15, 0.2) is 43.0 Å². The van der Waals surface area contributed by atoms with E-state index in [0.29, 0.717) is 17.9 Å². The van der Waals surface area contributed by atoms with E-state index in [1.54, 1.807) is 13.2 Å². The Morgan fingerprint density at radius 3 is 2.24 bits per heavy atom. The highest BCUT2D eigenvalue weighted by molar-refractivity contribution is 5.73. The fraction of sp³-hybridized carbons (Fsp3) is 0.577. The summed E-state index contributed by atoms with van der Waals surface area (Å²) in [7, 11) is 1.59. The molecule has 1 aromatic carbocycles. The standard InChI is InChI=1S/C26H40O3/c1-4-6-7-8-9-10-11-12-13-14-15-16-17-19-26(27)29-24-21-20-23(18-5-2)22-25(24)28-3/h5,10-11,20-22H,2,4,6-9,12-19H2,1,3H3/b11-10+. The summed E-state index contributed by atoms with van der Waals surface area (Å²) in [6.07, 6.45) is 21.1. The van der Waals surface area contributed by atoms with Crippen LogP contribution >= 0.6 is 0 Å². The van der Waals surface area contributed by atoms with Crippen LogP contribution in [0.25, 0.3) is 0 Å². The lowest BCUT2D eigenvalue weighted by Gasteiger charge is -2.10. The molecule has 3 heteroatoms. The van der Waals surface area contributed by atoms with Crippen LogP contribution in [0.1, 0.15) is 89.5 Å². The summed E-state index contributed by atoms with van der Waals surface area (Å²) >= 11 is 0. The Kier molecular flexibility index (Phi) is 14.6. The third kappa shape index (κ3) is 12.2. The average molecular weight is 401 g/mol. The van der Waals surface area contributed by atoms with E-state index in [2.05, 4.69) is 25.7 Å². The molecule has 0 fully saturated rings. The molecule has 0 aliphatic carbocycles. The molecule has 0 amide bonds. The van der Waals surface area contributed by atoms with E-state index in [0.717, 1.165) is 24.8 Å². The zero-order valence-corrected chi connectivity index (χ0v) is 18.6. The van der Waals surface area contributed by atoms with E-state index < -0.39 is 0 Å². The van der Waals surface area contributed by atoms with Gasteiger partial charge in [-0.3, -0.25) is 4.79 Å². The Balaban J connectivity index is 2.10. The van der Waals surface area contributed by atoms with Crippen LogP contribution in [-0.4, -0.2) is 13.1 Å². The molecule has 162 valence electrons. The molecule has 0 heterocycles. The van der Waals surface area contributed by atoms with Gasteiger partial charge in [0.05, 0.1) is 7.11 Å². The molecule has 0 aromatic heterocycles. The summed E-state index contributed by atoms with van der Waals surface area (Å²) < 4.78 is 10.8. The molecular formula is C26H40O3. The number of hydrogen-bond acceptors (Lipinski definition) is 3. The Morgan fingerprint density at radius 2 is 1.59 bits per heavy atom. The lowest BCUT2D eigenvalue weighted by Crippen LogP contribution is -2.08. The number of ether oxygens (including phenoxy) is 2. The number of methoxy groups -OCH3 is 1. The van der Waals surface area contributed by atoms with Crippen LogP contribution in [-0.2, 0) is 11.2 Å². The zero-order chi connectivity index (χ0) is 21.2. The van der Waals surface area contributed by atoms with Crippen molar-refractivity contribution in [2.45, 2.75) is 90.4 Å². The normalized spacial score (nSPS) is 11.0. The molecule has 0 aliphatic heterocycles. The molecule has 0 saturated carbocycles. The fourth-order valence-electron chi connectivity index (χ4n) is 3.25. The van der Waals surface area contributed by atoms with Crippen molar-refractivity contribution >= 4 is 5.97 Å². The summed E-state index contributed by atoms with van der Waals surface area (Å²) in [6.45, 7) is 5.99. The molecule has 0 N–H and O–H groups in total. The van der Waals surface area contributed by atoms with Gasteiger partial charge in [0, 0.05) is 6.42 Å². The van der Waals surface area contributed by atoms with Gasteiger partial charge in [0.2, 0.25) is 0 Å². The number of rotatable bonds is 17. The van der Waals surface area contributed by atoms with Gasteiger partial charge in [0.25, 0.3) is 0 Å². The highest BCUT2D eigenvalue weighted by Gasteiger charge is 2.10. The van der Waals surface area contributed by atoms with E-state index in [9.17, 15) is 4.79 Å². The monoisotopic (exact) mass is 400 g/mol. The first kappa shape index (κ1) is 25.0. The molecule has 0 atom stereocenters. The van der Waals surface area contributed by atoms with E-state index in [4.69, 9.17) is 9.47 Å². The van der Waals surface area contributed by atoms with Gasteiger partial charge >= 0.3 is 5.97 Å². The Bertz CT molecular complexity index is 604. The Hall–Kier alpha value is -2.03. The maximum Gasteiger partial charge on any atom is 0.311 e. The van der Waals surface area contributed by atoms with Gasteiger partial charge in [0.1, 0.15) is 0 Å². The summed E-state index contributed by atoms with van der Waals surface area (Å²) in [5.41, 5.74) is 1.09. The molecule has 0 aliphatic rings. The number of benzene rings is 1. The highest BCUT2D eigenvalue weighted by Crippen LogP contribution is 2.29. The fourth-order valence-corrected chi connectivity index (χ4v) is 3.25. The van der Waals surface area contributed by atoms with Crippen molar-refractivity contribution in [3.05, 3.63) is 48.6 Å². The smallest absolute Gasteiger partial charge is 0.311 e. The van der Waals surface area contributed by atoms with Gasteiger partial charge in [-0.25, -0.2) is 0 Å². The number of carbonyl (C=O) groups is 1. The minimum atomic E-state index is -0.189. The largest absolute Gasteiger partial charge is 0.493 e. The molecule has 0 radical (unpaired) electrons. The van der Waals surface area contributed by atoms with Crippen LogP contribution in [0.2, 0.25) is 0 Å². The molecule has 3 nitrogen and oxygen atoms in total. The van der Waals surface area contributed by atoms with Gasteiger partial charge in [-0.05, 0) is 56.2 Å². The molecule has 0 bridgehead atoms. The minimum absolute atomic E-state index is 0.189. The Morgan fingerprint density at radius 1 is 0.931 bits per heavy atom. The lowest BCUT2D eigenvalue weighted by atomic mass is 10.1. The quantitative estimate of drug-likeness (QED) is 0.117. The van der Waals surface area contributed by atoms with Crippen molar-refractivity contribution < 1.29 is 14.3 Å². The van der Waals surface area contributed by atoms with Crippen LogP contribution in [0, 0.1) is 0 Å². The van der Waals surface area contributed by atoms with Crippen molar-refractivity contribution in [1.82, 2.24) is 0 Å². The van der Waals surface area contributed by atoms with Gasteiger partial charge in [-0.1, -0.05) is 69.7 Å². The van der Waals surface area contributed by atoms with Gasteiger partial charge in [-0.15, -0.1) is 6.58 Å². The van der Waals surface area contributed by atoms with Gasteiger partial charge < -0.3 is 9.47 Å². The third-order valence-electron chi connectivity index (χ3n) is 4.97. The number of esters is 1. The maximum atomic E-state index is 12.1. The molecule has 1 rings (SSSR count). The first-order valence-electron chi connectivity index (χ1n) is 11.3. The molecule has 0 spiro atoms. The first-order valence-corrected chi connectivity index (χ1v) is 11.3. The molecular weight excluding hydrogens is 360 g/mol. The van der Waals surface area contributed by atoms with Crippen molar-refractivity contribution in [2.75, 3.05) is 7.11 Å². The summed E-state index contributed by atoms with van der Waals surface area (Å²) in [5.74, 6) is 0.897. The Labute approximate surface area is 178 Å². The summed E-state index contributed by atoms with van der Waals surface area (Å²) in [6, 6.07) is 5.63. The number of hydrogen-bond donors (Lipinski definition) is 0. The third-order valence-corrected chi connectivity index (χ3v) is 4.97. The first-order chi connectivity index (χ1) is 14.2. The van der Waals surface area contributed by atoms with E-state index in [1.807, 2.05) is 18.2 Å². The van der Waals surface area contributed by atoms with E-state index in [1.165, 1.54) is 57.8 Å². The van der Waals surface area contributed by atoms with Crippen molar-refractivity contribution in [3.63, 3.8) is 0 Å².